The average molecular weight is 306 g/mol. The highest BCUT2D eigenvalue weighted by Crippen LogP contribution is 2.41. The number of fused-ring (bicyclic) bond motifs is 1. The number of hydrogen-bond donors (Lipinski definition) is 2. The number of aliphatic hydroxyl groups excluding tert-OH is 1. The molecule has 0 aliphatic carbocycles. The van der Waals surface area contributed by atoms with E-state index in [9.17, 15) is 5.11 Å². The molecule has 1 heterocycles. The summed E-state index contributed by atoms with van der Waals surface area (Å²) in [5, 5.41) is 13.4. The van der Waals surface area contributed by atoms with Gasteiger partial charge in [0.05, 0.1) is 17.7 Å². The number of aliphatic hydroxyl groups is 1. The third kappa shape index (κ3) is 2.91. The summed E-state index contributed by atoms with van der Waals surface area (Å²) in [6, 6.07) is 11.4. The Morgan fingerprint density at radius 3 is 2.71 bits per heavy atom. The van der Waals surface area contributed by atoms with Crippen LogP contribution < -0.4 is 14.8 Å². The third-order valence-electron chi connectivity index (χ3n) is 3.43. The van der Waals surface area contributed by atoms with Gasteiger partial charge in [0, 0.05) is 5.69 Å². The van der Waals surface area contributed by atoms with Crippen molar-refractivity contribution in [3.63, 3.8) is 0 Å². The van der Waals surface area contributed by atoms with E-state index < -0.39 is 0 Å². The van der Waals surface area contributed by atoms with E-state index in [0.717, 1.165) is 11.3 Å². The van der Waals surface area contributed by atoms with Crippen LogP contribution in [0.25, 0.3) is 0 Å². The lowest BCUT2D eigenvalue weighted by Crippen LogP contribution is -2.14. The molecule has 5 heteroatoms. The van der Waals surface area contributed by atoms with E-state index in [4.69, 9.17) is 21.1 Å². The van der Waals surface area contributed by atoms with E-state index >= 15 is 0 Å². The van der Waals surface area contributed by atoms with Crippen LogP contribution >= 0.6 is 11.6 Å². The van der Waals surface area contributed by atoms with E-state index in [0.29, 0.717) is 16.5 Å². The van der Waals surface area contributed by atoms with Crippen molar-refractivity contribution in [2.75, 3.05) is 18.7 Å². The summed E-state index contributed by atoms with van der Waals surface area (Å²) in [5.74, 6) is 1.18. The molecule has 1 unspecified atom stereocenters. The molecule has 1 atom stereocenters. The fourth-order valence-corrected chi connectivity index (χ4v) is 2.55. The standard InChI is InChI=1S/C16H16ClNO3/c1-10-2-4-12(5-3-10)18-14(8-19)11-6-13(17)16-15(7-11)20-9-21-16/h2-7,14,18-19H,8-9H2,1H3. The van der Waals surface area contributed by atoms with Crippen LogP contribution in [0, 0.1) is 6.92 Å². The summed E-state index contributed by atoms with van der Waals surface area (Å²) in [6.45, 7) is 2.16. The number of benzene rings is 2. The molecule has 0 aromatic heterocycles. The molecule has 1 aliphatic heterocycles. The number of ether oxygens (including phenoxy) is 2. The Morgan fingerprint density at radius 1 is 1.24 bits per heavy atom. The van der Waals surface area contributed by atoms with Crippen molar-refractivity contribution in [1.29, 1.82) is 0 Å². The van der Waals surface area contributed by atoms with E-state index in [-0.39, 0.29) is 19.4 Å². The maximum absolute atomic E-state index is 9.66. The molecule has 2 N–H and O–H groups in total. The fourth-order valence-electron chi connectivity index (χ4n) is 2.27. The van der Waals surface area contributed by atoms with Crippen LogP contribution in [-0.2, 0) is 0 Å². The Balaban J connectivity index is 1.86. The van der Waals surface area contributed by atoms with Gasteiger partial charge >= 0.3 is 0 Å². The first-order valence-electron chi connectivity index (χ1n) is 6.70. The van der Waals surface area contributed by atoms with Crippen molar-refractivity contribution in [2.24, 2.45) is 0 Å². The van der Waals surface area contributed by atoms with Gasteiger partial charge in [0.15, 0.2) is 11.5 Å². The van der Waals surface area contributed by atoms with Crippen LogP contribution in [0.15, 0.2) is 36.4 Å². The van der Waals surface area contributed by atoms with Gasteiger partial charge in [-0.3, -0.25) is 0 Å². The Hall–Kier alpha value is -1.91. The molecular formula is C16H16ClNO3. The molecule has 0 spiro atoms. The van der Waals surface area contributed by atoms with Crippen LogP contribution in [0.1, 0.15) is 17.2 Å². The molecule has 2 aromatic rings. The van der Waals surface area contributed by atoms with Crippen LogP contribution in [0.4, 0.5) is 5.69 Å². The maximum atomic E-state index is 9.66. The zero-order valence-electron chi connectivity index (χ0n) is 11.6. The van der Waals surface area contributed by atoms with E-state index in [1.807, 2.05) is 37.3 Å². The topological polar surface area (TPSA) is 50.7 Å². The molecule has 4 nitrogen and oxygen atoms in total. The van der Waals surface area contributed by atoms with Crippen molar-refractivity contribution in [2.45, 2.75) is 13.0 Å². The summed E-state index contributed by atoms with van der Waals surface area (Å²) < 4.78 is 10.7. The van der Waals surface area contributed by atoms with E-state index in [1.54, 1.807) is 6.07 Å². The number of nitrogens with one attached hydrogen (secondary N) is 1. The Kier molecular flexibility index (Phi) is 3.90. The highest BCUT2D eigenvalue weighted by atomic mass is 35.5. The summed E-state index contributed by atoms with van der Waals surface area (Å²) in [6.07, 6.45) is 0. The largest absolute Gasteiger partial charge is 0.454 e. The molecule has 0 bridgehead atoms. The van der Waals surface area contributed by atoms with Gasteiger partial charge in [0.25, 0.3) is 0 Å². The molecule has 3 rings (SSSR count). The van der Waals surface area contributed by atoms with Gasteiger partial charge in [-0.15, -0.1) is 0 Å². The minimum absolute atomic E-state index is 0.0517. The number of halogens is 1. The molecule has 1 aliphatic rings. The number of rotatable bonds is 4. The first kappa shape index (κ1) is 14.0. The second kappa shape index (κ2) is 5.84. The van der Waals surface area contributed by atoms with Crippen molar-refractivity contribution in [3.8, 4) is 11.5 Å². The summed E-state index contributed by atoms with van der Waals surface area (Å²) in [5.41, 5.74) is 2.98. The van der Waals surface area contributed by atoms with Crippen molar-refractivity contribution in [1.82, 2.24) is 0 Å². The maximum Gasteiger partial charge on any atom is 0.231 e. The zero-order valence-corrected chi connectivity index (χ0v) is 12.4. The second-order valence-electron chi connectivity index (χ2n) is 4.98. The highest BCUT2D eigenvalue weighted by Gasteiger charge is 2.21. The van der Waals surface area contributed by atoms with Crippen molar-refractivity contribution >= 4 is 17.3 Å². The molecule has 0 saturated carbocycles. The number of hydrogen-bond acceptors (Lipinski definition) is 4. The van der Waals surface area contributed by atoms with Gasteiger partial charge < -0.3 is 19.9 Å². The van der Waals surface area contributed by atoms with Gasteiger partial charge in [-0.1, -0.05) is 29.3 Å². The molecule has 0 saturated heterocycles. The van der Waals surface area contributed by atoms with Gasteiger partial charge in [0.2, 0.25) is 6.79 Å². The first-order valence-corrected chi connectivity index (χ1v) is 7.08. The lowest BCUT2D eigenvalue weighted by atomic mass is 10.1. The van der Waals surface area contributed by atoms with Gasteiger partial charge in [-0.2, -0.15) is 0 Å². The SMILES string of the molecule is Cc1ccc(NC(CO)c2cc(Cl)c3c(c2)OCO3)cc1. The molecule has 110 valence electrons. The molecule has 0 fully saturated rings. The second-order valence-corrected chi connectivity index (χ2v) is 5.39. The van der Waals surface area contributed by atoms with Gasteiger partial charge in [-0.25, -0.2) is 0 Å². The van der Waals surface area contributed by atoms with Crippen LogP contribution in [0.5, 0.6) is 11.5 Å². The predicted octanol–water partition coefficient (Wildman–Crippen LogP) is 3.52. The number of anilines is 1. The van der Waals surface area contributed by atoms with Crippen LogP contribution in [0.3, 0.4) is 0 Å². The average Bonchev–Trinajstić information content (AvgIpc) is 2.95. The predicted molar refractivity (Wildman–Crippen MR) is 82.2 cm³/mol. The number of aryl methyl sites for hydroxylation is 1. The van der Waals surface area contributed by atoms with E-state index in [1.165, 1.54) is 5.56 Å². The minimum Gasteiger partial charge on any atom is -0.454 e. The van der Waals surface area contributed by atoms with Crippen molar-refractivity contribution < 1.29 is 14.6 Å². The Morgan fingerprint density at radius 2 is 2.00 bits per heavy atom. The quantitative estimate of drug-likeness (QED) is 0.907. The lowest BCUT2D eigenvalue weighted by Gasteiger charge is -2.19. The molecule has 0 radical (unpaired) electrons. The van der Waals surface area contributed by atoms with Gasteiger partial charge in [-0.05, 0) is 36.8 Å². The normalized spacial score (nSPS) is 14.0. The van der Waals surface area contributed by atoms with Crippen LogP contribution in [0.2, 0.25) is 5.02 Å². The third-order valence-corrected chi connectivity index (χ3v) is 3.71. The smallest absolute Gasteiger partial charge is 0.231 e. The van der Waals surface area contributed by atoms with Crippen molar-refractivity contribution in [3.05, 3.63) is 52.5 Å². The first-order chi connectivity index (χ1) is 10.2. The zero-order chi connectivity index (χ0) is 14.8. The fraction of sp³-hybridized carbons (Fsp3) is 0.250. The minimum atomic E-state index is -0.264. The summed E-state index contributed by atoms with van der Waals surface area (Å²) in [7, 11) is 0. The Bertz CT molecular complexity index is 643. The summed E-state index contributed by atoms with van der Waals surface area (Å²) >= 11 is 6.19. The Labute approximate surface area is 128 Å². The monoisotopic (exact) mass is 305 g/mol. The van der Waals surface area contributed by atoms with Crippen LogP contribution in [-0.4, -0.2) is 18.5 Å². The highest BCUT2D eigenvalue weighted by molar-refractivity contribution is 6.32. The van der Waals surface area contributed by atoms with E-state index in [2.05, 4.69) is 5.32 Å². The molecule has 21 heavy (non-hydrogen) atoms. The molecule has 2 aromatic carbocycles. The van der Waals surface area contributed by atoms with Gasteiger partial charge in [0.1, 0.15) is 0 Å². The molecular weight excluding hydrogens is 290 g/mol. The lowest BCUT2D eigenvalue weighted by molar-refractivity contribution is 0.174. The summed E-state index contributed by atoms with van der Waals surface area (Å²) in [4.78, 5) is 0. The molecule has 0 amide bonds.